The van der Waals surface area contributed by atoms with Gasteiger partial charge in [0.2, 0.25) is 0 Å². The van der Waals surface area contributed by atoms with Gasteiger partial charge >= 0.3 is 5.97 Å². The first-order chi connectivity index (χ1) is 9.33. The highest BCUT2D eigenvalue weighted by Crippen LogP contribution is 2.15. The molecular weight excluding hydrogens is 240 g/mol. The van der Waals surface area contributed by atoms with Crippen LogP contribution in [-0.2, 0) is 14.3 Å². The molecule has 1 unspecified atom stereocenters. The summed E-state index contributed by atoms with van der Waals surface area (Å²) in [5.74, 6) is -0.0253. The summed E-state index contributed by atoms with van der Waals surface area (Å²) < 4.78 is 10.3. The van der Waals surface area contributed by atoms with E-state index in [1.54, 1.807) is 0 Å². The van der Waals surface area contributed by atoms with Crippen molar-refractivity contribution in [2.45, 2.75) is 83.7 Å². The van der Waals surface area contributed by atoms with Crippen LogP contribution in [0.5, 0.6) is 0 Å². The molecular formula is C16H30O3. The van der Waals surface area contributed by atoms with Crippen molar-refractivity contribution >= 4 is 5.97 Å². The Morgan fingerprint density at radius 1 is 1.05 bits per heavy atom. The van der Waals surface area contributed by atoms with Crippen LogP contribution >= 0.6 is 0 Å². The number of carbonyl (C=O) groups is 1. The van der Waals surface area contributed by atoms with E-state index in [9.17, 15) is 4.79 Å². The molecule has 0 aromatic carbocycles. The highest BCUT2D eigenvalue weighted by Gasteiger charge is 2.21. The van der Waals surface area contributed by atoms with Crippen LogP contribution in [0.1, 0.15) is 77.6 Å². The van der Waals surface area contributed by atoms with Gasteiger partial charge in [0.05, 0.1) is 19.3 Å². The molecule has 0 radical (unpaired) electrons. The summed E-state index contributed by atoms with van der Waals surface area (Å²) in [6.45, 7) is 3.70. The summed E-state index contributed by atoms with van der Waals surface area (Å²) in [7, 11) is 0. The van der Waals surface area contributed by atoms with Gasteiger partial charge in [0, 0.05) is 6.42 Å². The Morgan fingerprint density at radius 2 is 1.68 bits per heavy atom. The van der Waals surface area contributed by atoms with Crippen LogP contribution in [0.4, 0.5) is 0 Å². The van der Waals surface area contributed by atoms with Crippen molar-refractivity contribution in [3.8, 4) is 0 Å². The summed E-state index contributed by atoms with van der Waals surface area (Å²) in [6.07, 6.45) is 13.1. The molecule has 1 fully saturated rings. The first-order valence-corrected chi connectivity index (χ1v) is 8.10. The highest BCUT2D eigenvalue weighted by molar-refractivity contribution is 5.69. The zero-order chi connectivity index (χ0) is 13.8. The Bertz CT molecular complexity index is 224. The van der Waals surface area contributed by atoms with Crippen molar-refractivity contribution in [1.82, 2.24) is 0 Å². The SMILES string of the molecule is CCCCCCCCCCC(=O)OCCCC1CO1. The highest BCUT2D eigenvalue weighted by atomic mass is 16.6. The minimum absolute atomic E-state index is 0.0253. The van der Waals surface area contributed by atoms with Gasteiger partial charge in [-0.2, -0.15) is 0 Å². The third-order valence-corrected chi connectivity index (χ3v) is 3.57. The Balaban J connectivity index is 1.73. The van der Waals surface area contributed by atoms with Crippen LogP contribution < -0.4 is 0 Å². The third kappa shape index (κ3) is 11.0. The van der Waals surface area contributed by atoms with E-state index in [1.165, 1.54) is 38.5 Å². The van der Waals surface area contributed by atoms with E-state index >= 15 is 0 Å². The summed E-state index contributed by atoms with van der Waals surface area (Å²) >= 11 is 0. The van der Waals surface area contributed by atoms with E-state index < -0.39 is 0 Å². The number of hydrogen-bond donors (Lipinski definition) is 0. The average molecular weight is 270 g/mol. The van der Waals surface area contributed by atoms with Crippen molar-refractivity contribution in [2.24, 2.45) is 0 Å². The number of esters is 1. The maximum atomic E-state index is 11.4. The molecule has 1 heterocycles. The topological polar surface area (TPSA) is 38.8 Å². The maximum absolute atomic E-state index is 11.4. The molecule has 0 aromatic heterocycles. The molecule has 0 aromatic rings. The lowest BCUT2D eigenvalue weighted by Crippen LogP contribution is -2.06. The Morgan fingerprint density at radius 3 is 2.32 bits per heavy atom. The molecule has 1 aliphatic rings. The average Bonchev–Trinajstić information content (AvgIpc) is 3.22. The standard InChI is InChI=1S/C16H30O3/c1-2-3-4-5-6-7-8-9-12-16(17)18-13-10-11-15-14-19-15/h15H,2-14H2,1H3. The lowest BCUT2D eigenvalue weighted by molar-refractivity contribution is -0.143. The second-order valence-electron chi connectivity index (χ2n) is 5.54. The van der Waals surface area contributed by atoms with E-state index in [-0.39, 0.29) is 5.97 Å². The number of epoxide rings is 1. The normalized spacial score (nSPS) is 17.4. The summed E-state index contributed by atoms with van der Waals surface area (Å²) in [5.41, 5.74) is 0. The van der Waals surface area contributed by atoms with E-state index in [0.717, 1.165) is 32.3 Å². The van der Waals surface area contributed by atoms with E-state index in [0.29, 0.717) is 19.1 Å². The smallest absolute Gasteiger partial charge is 0.305 e. The Labute approximate surface area is 118 Å². The number of rotatable bonds is 13. The monoisotopic (exact) mass is 270 g/mol. The number of carbonyl (C=O) groups excluding carboxylic acids is 1. The molecule has 0 saturated carbocycles. The van der Waals surface area contributed by atoms with E-state index in [4.69, 9.17) is 9.47 Å². The summed E-state index contributed by atoms with van der Waals surface area (Å²) in [6, 6.07) is 0. The molecule has 0 N–H and O–H groups in total. The van der Waals surface area contributed by atoms with Crippen LogP contribution in [0, 0.1) is 0 Å². The van der Waals surface area contributed by atoms with Crippen LogP contribution in [0.25, 0.3) is 0 Å². The second-order valence-corrected chi connectivity index (χ2v) is 5.54. The van der Waals surface area contributed by atoms with Crippen LogP contribution in [0.3, 0.4) is 0 Å². The molecule has 1 saturated heterocycles. The van der Waals surface area contributed by atoms with Gasteiger partial charge in [-0.1, -0.05) is 51.9 Å². The fourth-order valence-electron chi connectivity index (χ4n) is 2.21. The molecule has 112 valence electrons. The lowest BCUT2D eigenvalue weighted by atomic mass is 10.1. The van der Waals surface area contributed by atoms with Gasteiger partial charge in [-0.05, 0) is 19.3 Å². The van der Waals surface area contributed by atoms with Crippen molar-refractivity contribution < 1.29 is 14.3 Å². The number of ether oxygens (including phenoxy) is 2. The quantitative estimate of drug-likeness (QED) is 0.285. The molecule has 3 heteroatoms. The maximum Gasteiger partial charge on any atom is 0.305 e. The predicted molar refractivity (Wildman–Crippen MR) is 77.2 cm³/mol. The number of unbranched alkanes of at least 4 members (excludes halogenated alkanes) is 7. The zero-order valence-corrected chi connectivity index (χ0v) is 12.5. The van der Waals surface area contributed by atoms with Gasteiger partial charge < -0.3 is 9.47 Å². The summed E-state index contributed by atoms with van der Waals surface area (Å²) in [5, 5.41) is 0. The van der Waals surface area contributed by atoms with Gasteiger partial charge in [-0.15, -0.1) is 0 Å². The minimum Gasteiger partial charge on any atom is -0.466 e. The lowest BCUT2D eigenvalue weighted by Gasteiger charge is -2.04. The first kappa shape index (κ1) is 16.5. The van der Waals surface area contributed by atoms with Crippen molar-refractivity contribution in [3.05, 3.63) is 0 Å². The molecule has 1 aliphatic heterocycles. The van der Waals surface area contributed by atoms with Gasteiger partial charge in [-0.3, -0.25) is 4.79 Å². The van der Waals surface area contributed by atoms with Crippen LogP contribution in [-0.4, -0.2) is 25.3 Å². The van der Waals surface area contributed by atoms with Crippen LogP contribution in [0.2, 0.25) is 0 Å². The second kappa shape index (κ2) is 11.3. The zero-order valence-electron chi connectivity index (χ0n) is 12.5. The van der Waals surface area contributed by atoms with Gasteiger partial charge in [0.15, 0.2) is 0 Å². The van der Waals surface area contributed by atoms with Crippen molar-refractivity contribution in [1.29, 1.82) is 0 Å². The first-order valence-electron chi connectivity index (χ1n) is 8.10. The minimum atomic E-state index is -0.0253. The van der Waals surface area contributed by atoms with Gasteiger partial charge in [0.1, 0.15) is 0 Å². The molecule has 0 amide bonds. The Kier molecular flexibility index (Phi) is 9.78. The third-order valence-electron chi connectivity index (χ3n) is 3.57. The molecule has 0 bridgehead atoms. The largest absolute Gasteiger partial charge is 0.466 e. The van der Waals surface area contributed by atoms with Gasteiger partial charge in [0.25, 0.3) is 0 Å². The molecule has 3 nitrogen and oxygen atoms in total. The number of hydrogen-bond acceptors (Lipinski definition) is 3. The molecule has 0 spiro atoms. The van der Waals surface area contributed by atoms with Crippen molar-refractivity contribution in [3.63, 3.8) is 0 Å². The Hall–Kier alpha value is -0.570. The fraction of sp³-hybridized carbons (Fsp3) is 0.938. The molecule has 19 heavy (non-hydrogen) atoms. The van der Waals surface area contributed by atoms with Crippen molar-refractivity contribution in [2.75, 3.05) is 13.2 Å². The molecule has 1 atom stereocenters. The van der Waals surface area contributed by atoms with Gasteiger partial charge in [-0.25, -0.2) is 0 Å². The fourth-order valence-corrected chi connectivity index (χ4v) is 2.21. The van der Waals surface area contributed by atoms with Crippen LogP contribution in [0.15, 0.2) is 0 Å². The molecule has 1 rings (SSSR count). The predicted octanol–water partition coefficient (Wildman–Crippen LogP) is 4.24. The van der Waals surface area contributed by atoms with E-state index in [2.05, 4.69) is 6.92 Å². The molecule has 0 aliphatic carbocycles. The summed E-state index contributed by atoms with van der Waals surface area (Å²) in [4.78, 5) is 11.4. The van der Waals surface area contributed by atoms with E-state index in [1.807, 2.05) is 0 Å².